The first kappa shape index (κ1) is 16.0. The van der Waals surface area contributed by atoms with Crippen LogP contribution in [0.25, 0.3) is 0 Å². The van der Waals surface area contributed by atoms with Gasteiger partial charge >= 0.3 is 0 Å². The number of nitrogens with one attached hydrogen (secondary N) is 1. The molecule has 0 spiro atoms. The van der Waals surface area contributed by atoms with E-state index >= 15 is 0 Å². The zero-order chi connectivity index (χ0) is 15.5. The number of benzene rings is 1. The molecule has 2 rings (SSSR count). The highest BCUT2D eigenvalue weighted by atomic mass is 19.1. The topological polar surface area (TPSA) is 32.3 Å². The summed E-state index contributed by atoms with van der Waals surface area (Å²) >= 11 is 0. The zero-order valence-electron chi connectivity index (χ0n) is 13.2. The Morgan fingerprint density at radius 2 is 2.14 bits per heavy atom. The Balaban J connectivity index is 2.05. The number of amides is 1. The first-order valence-corrected chi connectivity index (χ1v) is 7.62. The molecule has 1 aromatic carbocycles. The van der Waals surface area contributed by atoms with Crippen molar-refractivity contribution < 1.29 is 9.18 Å². The summed E-state index contributed by atoms with van der Waals surface area (Å²) in [5.74, 6) is 0.163. The van der Waals surface area contributed by atoms with Crippen LogP contribution in [0, 0.1) is 17.2 Å². The van der Waals surface area contributed by atoms with Gasteiger partial charge in [0.2, 0.25) is 5.91 Å². The summed E-state index contributed by atoms with van der Waals surface area (Å²) in [5.41, 5.74) is 0.138. The van der Waals surface area contributed by atoms with Gasteiger partial charge in [0.05, 0.1) is 0 Å². The van der Waals surface area contributed by atoms with E-state index in [1.165, 1.54) is 6.07 Å². The Kier molecular flexibility index (Phi) is 4.99. The molecule has 3 nitrogen and oxygen atoms in total. The van der Waals surface area contributed by atoms with Crippen LogP contribution in [-0.4, -0.2) is 30.9 Å². The number of nitrogens with zero attached hydrogens (tertiary/aromatic N) is 1. The second-order valence-corrected chi connectivity index (χ2v) is 6.52. The fourth-order valence-electron chi connectivity index (χ4n) is 3.09. The standard InChI is InChI=1S/C17H25FN2O/c1-17(2,14-8-6-10-19-11-14)16(21)20(3)12-13-7-4-5-9-15(13)18/h4-5,7,9,14,19H,6,8,10-12H2,1-3H3. The quantitative estimate of drug-likeness (QED) is 0.925. The van der Waals surface area contributed by atoms with Crippen molar-refractivity contribution in [2.45, 2.75) is 33.2 Å². The number of carbonyl (C=O) groups excluding carboxylic acids is 1. The molecule has 0 bridgehead atoms. The average Bonchev–Trinajstić information content (AvgIpc) is 2.49. The molecule has 0 aliphatic carbocycles. The van der Waals surface area contributed by atoms with Crippen molar-refractivity contribution in [1.29, 1.82) is 0 Å². The van der Waals surface area contributed by atoms with E-state index in [0.29, 0.717) is 18.0 Å². The van der Waals surface area contributed by atoms with Gasteiger partial charge in [0.1, 0.15) is 5.82 Å². The molecule has 1 aromatic rings. The van der Waals surface area contributed by atoms with Gasteiger partial charge in [-0.3, -0.25) is 4.79 Å². The van der Waals surface area contributed by atoms with Gasteiger partial charge in [-0.05, 0) is 37.9 Å². The maximum atomic E-state index is 13.7. The molecule has 1 atom stereocenters. The van der Waals surface area contributed by atoms with Crippen molar-refractivity contribution in [2.24, 2.45) is 11.3 Å². The number of carbonyl (C=O) groups is 1. The third-order valence-electron chi connectivity index (χ3n) is 4.58. The molecule has 1 N–H and O–H groups in total. The summed E-state index contributed by atoms with van der Waals surface area (Å²) in [6, 6.07) is 6.63. The van der Waals surface area contributed by atoms with Gasteiger partial charge in [0, 0.05) is 24.6 Å². The fourth-order valence-corrected chi connectivity index (χ4v) is 3.09. The monoisotopic (exact) mass is 292 g/mol. The van der Waals surface area contributed by atoms with Gasteiger partial charge in [-0.15, -0.1) is 0 Å². The van der Waals surface area contributed by atoms with Crippen LogP contribution >= 0.6 is 0 Å². The molecule has 1 fully saturated rings. The lowest BCUT2D eigenvalue weighted by atomic mass is 9.74. The third kappa shape index (κ3) is 3.62. The van der Waals surface area contributed by atoms with Gasteiger partial charge in [-0.1, -0.05) is 32.0 Å². The van der Waals surface area contributed by atoms with Gasteiger partial charge in [0.25, 0.3) is 0 Å². The largest absolute Gasteiger partial charge is 0.341 e. The molecular weight excluding hydrogens is 267 g/mol. The Morgan fingerprint density at radius 3 is 2.76 bits per heavy atom. The van der Waals surface area contributed by atoms with E-state index in [0.717, 1.165) is 25.9 Å². The summed E-state index contributed by atoms with van der Waals surface area (Å²) in [6.07, 6.45) is 2.18. The number of piperidine rings is 1. The number of halogens is 1. The van der Waals surface area contributed by atoms with E-state index in [-0.39, 0.29) is 11.7 Å². The molecule has 0 aromatic heterocycles. The highest BCUT2D eigenvalue weighted by Crippen LogP contribution is 2.33. The summed E-state index contributed by atoms with van der Waals surface area (Å²) in [4.78, 5) is 14.4. The highest BCUT2D eigenvalue weighted by Gasteiger charge is 2.38. The predicted molar refractivity (Wildman–Crippen MR) is 82.2 cm³/mol. The van der Waals surface area contributed by atoms with Crippen LogP contribution in [0.2, 0.25) is 0 Å². The highest BCUT2D eigenvalue weighted by molar-refractivity contribution is 5.82. The van der Waals surface area contributed by atoms with Crippen LogP contribution in [0.5, 0.6) is 0 Å². The summed E-state index contributed by atoms with van der Waals surface area (Å²) in [7, 11) is 1.76. The second-order valence-electron chi connectivity index (χ2n) is 6.52. The molecule has 0 saturated carbocycles. The SMILES string of the molecule is CN(Cc1ccccc1F)C(=O)C(C)(C)C1CCCNC1. The maximum Gasteiger partial charge on any atom is 0.228 e. The van der Waals surface area contributed by atoms with Gasteiger partial charge in [-0.25, -0.2) is 4.39 Å². The second kappa shape index (κ2) is 6.56. The van der Waals surface area contributed by atoms with Crippen molar-refractivity contribution >= 4 is 5.91 Å². The average molecular weight is 292 g/mol. The van der Waals surface area contributed by atoms with Crippen LogP contribution < -0.4 is 5.32 Å². The molecular formula is C17H25FN2O. The summed E-state index contributed by atoms with van der Waals surface area (Å²) in [5, 5.41) is 3.36. The molecule has 1 saturated heterocycles. The molecule has 1 amide bonds. The molecule has 21 heavy (non-hydrogen) atoms. The Hall–Kier alpha value is -1.42. The Labute approximate surface area is 126 Å². The summed E-state index contributed by atoms with van der Waals surface area (Å²) in [6.45, 7) is 6.24. The van der Waals surface area contributed by atoms with Crippen LogP contribution in [0.15, 0.2) is 24.3 Å². The van der Waals surface area contributed by atoms with E-state index in [2.05, 4.69) is 5.32 Å². The molecule has 0 radical (unpaired) electrons. The molecule has 1 aliphatic heterocycles. The van der Waals surface area contributed by atoms with Crippen molar-refractivity contribution in [3.05, 3.63) is 35.6 Å². The molecule has 1 aliphatic rings. The molecule has 1 unspecified atom stereocenters. The first-order chi connectivity index (χ1) is 9.93. The van der Waals surface area contributed by atoms with E-state index in [1.54, 1.807) is 30.1 Å². The minimum absolute atomic E-state index is 0.0828. The molecule has 116 valence electrons. The lowest BCUT2D eigenvalue weighted by Crippen LogP contribution is -2.47. The van der Waals surface area contributed by atoms with Crippen molar-refractivity contribution in [1.82, 2.24) is 10.2 Å². The Morgan fingerprint density at radius 1 is 1.43 bits per heavy atom. The molecule has 1 heterocycles. The van der Waals surface area contributed by atoms with Crippen molar-refractivity contribution in [3.63, 3.8) is 0 Å². The smallest absolute Gasteiger partial charge is 0.228 e. The van der Waals surface area contributed by atoms with E-state index in [9.17, 15) is 9.18 Å². The van der Waals surface area contributed by atoms with E-state index in [1.807, 2.05) is 13.8 Å². The van der Waals surface area contributed by atoms with Crippen molar-refractivity contribution in [2.75, 3.05) is 20.1 Å². The minimum atomic E-state index is -0.423. The third-order valence-corrected chi connectivity index (χ3v) is 4.58. The first-order valence-electron chi connectivity index (χ1n) is 7.62. The lowest BCUT2D eigenvalue weighted by molar-refractivity contribution is -0.143. The van der Waals surface area contributed by atoms with E-state index in [4.69, 9.17) is 0 Å². The van der Waals surface area contributed by atoms with Gasteiger partial charge in [-0.2, -0.15) is 0 Å². The Bertz CT molecular complexity index is 495. The zero-order valence-corrected chi connectivity index (χ0v) is 13.2. The number of rotatable bonds is 4. The minimum Gasteiger partial charge on any atom is -0.341 e. The number of hydrogen-bond donors (Lipinski definition) is 1. The lowest BCUT2D eigenvalue weighted by Gasteiger charge is -2.38. The fraction of sp³-hybridized carbons (Fsp3) is 0.588. The maximum absolute atomic E-state index is 13.7. The predicted octanol–water partition coefficient (Wildman–Crippen LogP) is 2.81. The van der Waals surface area contributed by atoms with Crippen LogP contribution in [0.1, 0.15) is 32.3 Å². The normalized spacial score (nSPS) is 19.3. The van der Waals surface area contributed by atoms with Gasteiger partial charge < -0.3 is 10.2 Å². The van der Waals surface area contributed by atoms with Gasteiger partial charge in [0.15, 0.2) is 0 Å². The van der Waals surface area contributed by atoms with Crippen LogP contribution in [0.4, 0.5) is 4.39 Å². The van der Waals surface area contributed by atoms with Crippen molar-refractivity contribution in [3.8, 4) is 0 Å². The van der Waals surface area contributed by atoms with Crippen LogP contribution in [0.3, 0.4) is 0 Å². The molecule has 4 heteroatoms. The summed E-state index contributed by atoms with van der Waals surface area (Å²) < 4.78 is 13.7. The van der Waals surface area contributed by atoms with Crippen LogP contribution in [-0.2, 0) is 11.3 Å². The van der Waals surface area contributed by atoms with E-state index < -0.39 is 5.41 Å². The number of hydrogen-bond acceptors (Lipinski definition) is 2.